The Hall–Kier alpha value is -5.92. The second kappa shape index (κ2) is 12.3. The molecule has 0 saturated heterocycles. The van der Waals surface area contributed by atoms with Crippen molar-refractivity contribution in [3.8, 4) is 39.8 Å². The summed E-state index contributed by atoms with van der Waals surface area (Å²) in [5, 5.41) is 22.0. The lowest BCUT2D eigenvalue weighted by Crippen LogP contribution is -2.55. The topological polar surface area (TPSA) is 166 Å². The van der Waals surface area contributed by atoms with Crippen molar-refractivity contribution in [3.05, 3.63) is 95.3 Å². The minimum Gasteiger partial charge on any atom is -0.469 e. The molecule has 1 spiro atoms. The molecular formula is C43H42N6O7. The second-order valence-corrected chi connectivity index (χ2v) is 15.6. The summed E-state index contributed by atoms with van der Waals surface area (Å²) < 4.78 is 28.3. The number of methoxy groups -OCH3 is 1. The number of para-hydroxylation sites is 1. The van der Waals surface area contributed by atoms with Gasteiger partial charge in [-0.1, -0.05) is 70.2 Å². The molecule has 0 saturated carbocycles. The zero-order valence-electron chi connectivity index (χ0n) is 31.7. The van der Waals surface area contributed by atoms with E-state index in [4.69, 9.17) is 28.3 Å². The van der Waals surface area contributed by atoms with Crippen molar-refractivity contribution in [3.63, 3.8) is 0 Å². The number of fused-ring (bicyclic) bond motifs is 7. The fourth-order valence-electron chi connectivity index (χ4n) is 9.13. The van der Waals surface area contributed by atoms with Crippen LogP contribution in [0.4, 0.5) is 5.69 Å². The maximum Gasteiger partial charge on any atom is 0.252 e. The monoisotopic (exact) mass is 754 g/mol. The van der Waals surface area contributed by atoms with Crippen LogP contribution in [0.2, 0.25) is 0 Å². The first-order valence-electron chi connectivity index (χ1n) is 19.2. The highest BCUT2D eigenvalue weighted by Gasteiger charge is 2.61. The number of aromatic nitrogens is 3. The van der Waals surface area contributed by atoms with Gasteiger partial charge >= 0.3 is 0 Å². The third-order valence-corrected chi connectivity index (χ3v) is 12.2. The number of nitrogens with one attached hydrogen (secondary N) is 3. The molecule has 0 aliphatic carbocycles. The van der Waals surface area contributed by atoms with E-state index in [1.807, 2.05) is 44.3 Å². The Kier molecular flexibility index (Phi) is 7.59. The SMILES string of the molecule is CCC(O)(CC)C(=O)NC1Cc2ccc3c(c2)C24c5cccc(c5NC2O3)-c2cccc3c2c(cn3COC)-c2cnc(o2)-c2nc(oc24)C(C(C)C)NC1=O. The van der Waals surface area contributed by atoms with Crippen molar-refractivity contribution in [2.24, 2.45) is 5.92 Å². The number of oxazole rings is 2. The highest BCUT2D eigenvalue weighted by Crippen LogP contribution is 2.61. The zero-order valence-corrected chi connectivity index (χ0v) is 31.7. The summed E-state index contributed by atoms with van der Waals surface area (Å²) >= 11 is 0. The minimum absolute atomic E-state index is 0.159. The van der Waals surface area contributed by atoms with E-state index in [1.54, 1.807) is 27.2 Å². The molecule has 0 fully saturated rings. The van der Waals surface area contributed by atoms with Crippen molar-refractivity contribution >= 4 is 28.4 Å². The molecule has 56 heavy (non-hydrogen) atoms. The van der Waals surface area contributed by atoms with Gasteiger partial charge < -0.3 is 43.9 Å². The number of ether oxygens (including phenoxy) is 2. The number of carbonyl (C=O) groups excluding carboxylic acids is 2. The number of aliphatic hydroxyl groups is 1. The molecule has 4 aliphatic heterocycles. The molecule has 6 aromatic rings. The largest absolute Gasteiger partial charge is 0.469 e. The first-order valence-corrected chi connectivity index (χ1v) is 19.2. The van der Waals surface area contributed by atoms with E-state index in [0.29, 0.717) is 29.7 Å². The van der Waals surface area contributed by atoms with Crippen molar-refractivity contribution < 1.29 is 33.0 Å². The molecule has 13 nitrogen and oxygen atoms in total. The summed E-state index contributed by atoms with van der Waals surface area (Å²) in [6, 6.07) is 16.6. The van der Waals surface area contributed by atoms with Crippen LogP contribution in [-0.4, -0.2) is 56.4 Å². The van der Waals surface area contributed by atoms with E-state index < -0.39 is 41.1 Å². The average Bonchev–Trinajstić information content (AvgIpc) is 4.02. The number of hydrogen-bond donors (Lipinski definition) is 4. The molecule has 4 aliphatic rings. The Morgan fingerprint density at radius 3 is 2.66 bits per heavy atom. The number of hydrogen-bond acceptors (Lipinski definition) is 10. The highest BCUT2D eigenvalue weighted by atomic mass is 16.5. The summed E-state index contributed by atoms with van der Waals surface area (Å²) in [5.41, 5.74) is 4.87. The first kappa shape index (κ1) is 34.6. The van der Waals surface area contributed by atoms with Crippen LogP contribution in [0.5, 0.6) is 5.75 Å². The third-order valence-electron chi connectivity index (χ3n) is 12.2. The van der Waals surface area contributed by atoms with Gasteiger partial charge in [-0.25, -0.2) is 9.97 Å². The van der Waals surface area contributed by atoms with Gasteiger partial charge in [-0.3, -0.25) is 9.59 Å². The fourth-order valence-corrected chi connectivity index (χ4v) is 9.13. The number of rotatable bonds is 7. The van der Waals surface area contributed by atoms with Gasteiger partial charge in [0, 0.05) is 53.1 Å². The smallest absolute Gasteiger partial charge is 0.252 e. The minimum atomic E-state index is -1.62. The normalized spacial score (nSPS) is 21.5. The van der Waals surface area contributed by atoms with Crippen molar-refractivity contribution in [2.75, 3.05) is 12.4 Å². The average molecular weight is 755 g/mol. The molecule has 4 unspecified atom stereocenters. The molecule has 7 heterocycles. The van der Waals surface area contributed by atoms with Gasteiger partial charge in [-0.2, -0.15) is 0 Å². The van der Waals surface area contributed by atoms with Crippen LogP contribution in [0, 0.1) is 5.92 Å². The summed E-state index contributed by atoms with van der Waals surface area (Å²) in [5.74, 6) is 0.967. The molecule has 4 N–H and O–H groups in total. The first-order chi connectivity index (χ1) is 27.1. The molecule has 3 aromatic heterocycles. The zero-order chi connectivity index (χ0) is 38.7. The number of nitrogens with zero attached hydrogens (tertiary/aromatic N) is 3. The van der Waals surface area contributed by atoms with E-state index >= 15 is 0 Å². The number of benzene rings is 3. The van der Waals surface area contributed by atoms with Crippen molar-refractivity contribution in [1.82, 2.24) is 25.2 Å². The van der Waals surface area contributed by atoms with Gasteiger partial charge in [0.25, 0.3) is 5.91 Å². The van der Waals surface area contributed by atoms with E-state index in [1.165, 1.54) is 0 Å². The van der Waals surface area contributed by atoms with Gasteiger partial charge in [0.1, 0.15) is 35.6 Å². The van der Waals surface area contributed by atoms with Gasteiger partial charge in [0.05, 0.1) is 11.7 Å². The van der Waals surface area contributed by atoms with Crippen LogP contribution < -0.4 is 20.7 Å². The lowest BCUT2D eigenvalue weighted by Gasteiger charge is -2.30. The predicted octanol–water partition coefficient (Wildman–Crippen LogP) is 6.42. The molecular weight excluding hydrogens is 713 g/mol. The lowest BCUT2D eigenvalue weighted by atomic mass is 9.72. The Balaban J connectivity index is 1.27. The number of anilines is 1. The Morgan fingerprint density at radius 2 is 1.88 bits per heavy atom. The van der Waals surface area contributed by atoms with E-state index in [2.05, 4.69) is 50.8 Å². The van der Waals surface area contributed by atoms with E-state index in [0.717, 1.165) is 50.0 Å². The predicted molar refractivity (Wildman–Crippen MR) is 207 cm³/mol. The van der Waals surface area contributed by atoms with Crippen LogP contribution in [0.3, 0.4) is 0 Å². The highest BCUT2D eigenvalue weighted by molar-refractivity contribution is 6.08. The fraction of sp³-hybridized carbons (Fsp3) is 0.349. The Bertz CT molecular complexity index is 2600. The molecule has 10 rings (SSSR count). The molecule has 13 heteroatoms. The van der Waals surface area contributed by atoms with Crippen molar-refractivity contribution in [2.45, 2.75) is 83.0 Å². The van der Waals surface area contributed by atoms with Crippen LogP contribution in [0.25, 0.3) is 44.9 Å². The molecule has 286 valence electrons. The number of carbonyl (C=O) groups is 2. The van der Waals surface area contributed by atoms with Crippen molar-refractivity contribution in [1.29, 1.82) is 0 Å². The maximum atomic E-state index is 14.3. The standard InChI is InChI=1S/C43H42N6O7/c1-6-42(52,7-2)40(51)45-28-17-22-14-15-30-27(16-22)43-26-12-8-11-24(34(26)48-41(43)55-30)23-10-9-13-29-32(23)25(19-49(29)20-53-5)31-18-44-38(54-31)35-36(43)56-39(47-35)33(21(3)4)46-37(28)50/h8-16,18-19,21,28,33,41,48,52H,6-7,17,20H2,1-5H3,(H,45,51)(H,46,50). The van der Waals surface area contributed by atoms with Gasteiger partial charge in [0.2, 0.25) is 17.7 Å². The van der Waals surface area contributed by atoms with Gasteiger partial charge in [-0.05, 0) is 42.0 Å². The Morgan fingerprint density at radius 1 is 1.07 bits per heavy atom. The second-order valence-electron chi connectivity index (χ2n) is 15.6. The quantitative estimate of drug-likeness (QED) is 0.143. The van der Waals surface area contributed by atoms with Crippen LogP contribution in [-0.2, 0) is 32.9 Å². The molecule has 2 amide bonds. The summed E-state index contributed by atoms with van der Waals surface area (Å²) in [6.07, 6.45) is 3.63. The maximum absolute atomic E-state index is 14.3. The summed E-state index contributed by atoms with van der Waals surface area (Å²) in [7, 11) is 1.67. The lowest BCUT2D eigenvalue weighted by molar-refractivity contribution is -0.143. The summed E-state index contributed by atoms with van der Waals surface area (Å²) in [4.78, 5) is 37.9. The summed E-state index contributed by atoms with van der Waals surface area (Å²) in [6.45, 7) is 7.78. The van der Waals surface area contributed by atoms with Gasteiger partial charge in [0.15, 0.2) is 23.4 Å². The van der Waals surface area contributed by atoms with E-state index in [-0.39, 0.29) is 37.0 Å². The molecule has 3 aromatic carbocycles. The third kappa shape index (κ3) is 4.67. The van der Waals surface area contributed by atoms with E-state index in [9.17, 15) is 14.7 Å². The van der Waals surface area contributed by atoms with Gasteiger partial charge in [-0.15, -0.1) is 0 Å². The van der Waals surface area contributed by atoms with Crippen LogP contribution >= 0.6 is 0 Å². The molecule has 10 bridgehead atoms. The van der Waals surface area contributed by atoms with Crippen LogP contribution in [0.1, 0.15) is 74.9 Å². The van der Waals surface area contributed by atoms with Crippen LogP contribution in [0.15, 0.2) is 75.8 Å². The molecule has 4 atom stereocenters. The Labute approximate surface area is 322 Å². The number of amides is 2. The molecule has 0 radical (unpaired) electrons.